The minimum Gasteiger partial charge on any atom is -0.545 e. The molecule has 0 aliphatic carbocycles. The molecule has 0 amide bonds. The molecule has 1 N–H and O–H groups in total. The Kier molecular flexibility index (Phi) is 4.80. The highest BCUT2D eigenvalue weighted by Gasteiger charge is 2.07. The van der Waals surface area contributed by atoms with E-state index >= 15 is 0 Å². The Morgan fingerprint density at radius 2 is 1.52 bits per heavy atom. The molecule has 0 aliphatic rings. The minimum atomic E-state index is -3.22. The normalized spacial score (nSPS) is 12.0. The topological polar surface area (TPSA) is 98.7 Å². The number of hydrazone groups is 1. The number of rotatable bonds is 5. The number of carbonyl (C=O) groups is 1. The van der Waals surface area contributed by atoms with Crippen molar-refractivity contribution in [3.8, 4) is 0 Å². The molecule has 0 radical (unpaired) electrons. The van der Waals surface area contributed by atoms with Gasteiger partial charge in [-0.1, -0.05) is 24.3 Å². The maximum absolute atomic E-state index is 11.4. The van der Waals surface area contributed by atoms with Gasteiger partial charge in [-0.25, -0.2) is 8.42 Å². The fraction of sp³-hybridized carbons (Fsp3) is 0.125. The van der Waals surface area contributed by atoms with Gasteiger partial charge in [-0.2, -0.15) is 5.10 Å². The lowest BCUT2D eigenvalue weighted by molar-refractivity contribution is -0.255. The number of nitrogens with zero attached hydrogens (tertiary/aromatic N) is 1. The summed E-state index contributed by atoms with van der Waals surface area (Å²) in [6.07, 6.45) is 1.15. The second kappa shape index (κ2) is 6.62. The van der Waals surface area contributed by atoms with Crippen molar-refractivity contribution in [1.82, 2.24) is 0 Å². The molecule has 120 valence electrons. The summed E-state index contributed by atoms with van der Waals surface area (Å²) in [7, 11) is -3.22. The Labute approximate surface area is 134 Å². The lowest BCUT2D eigenvalue weighted by Crippen LogP contribution is -2.21. The Hall–Kier alpha value is -2.67. The zero-order valence-corrected chi connectivity index (χ0v) is 13.4. The Bertz CT molecular complexity index is 839. The van der Waals surface area contributed by atoms with Crippen LogP contribution in [-0.2, 0) is 9.84 Å². The predicted molar refractivity (Wildman–Crippen MR) is 86.2 cm³/mol. The number of carbonyl (C=O) groups excluding carboxylic acids is 1. The van der Waals surface area contributed by atoms with Crippen molar-refractivity contribution in [1.29, 1.82) is 0 Å². The summed E-state index contributed by atoms with van der Waals surface area (Å²) in [6, 6.07) is 12.4. The van der Waals surface area contributed by atoms with Crippen LogP contribution in [0.2, 0.25) is 0 Å². The van der Waals surface area contributed by atoms with Gasteiger partial charge in [-0.3, -0.25) is 5.43 Å². The molecule has 0 unspecified atom stereocenters. The second-order valence-electron chi connectivity index (χ2n) is 4.97. The molecule has 0 atom stereocenters. The average molecular weight is 331 g/mol. The van der Waals surface area contributed by atoms with Crippen LogP contribution in [0.5, 0.6) is 0 Å². The number of aromatic carboxylic acids is 1. The van der Waals surface area contributed by atoms with E-state index in [0.717, 1.165) is 11.8 Å². The SMILES string of the molecule is C/C(=N/Nc1ccc(C(=O)[O-])cc1)c1ccc(S(C)(=O)=O)cc1. The van der Waals surface area contributed by atoms with Gasteiger partial charge in [0.25, 0.3) is 0 Å². The highest BCUT2D eigenvalue weighted by molar-refractivity contribution is 7.90. The maximum Gasteiger partial charge on any atom is 0.175 e. The van der Waals surface area contributed by atoms with Gasteiger partial charge >= 0.3 is 0 Å². The summed E-state index contributed by atoms with van der Waals surface area (Å²) in [5.74, 6) is -1.23. The Morgan fingerprint density at radius 1 is 1.00 bits per heavy atom. The summed E-state index contributed by atoms with van der Waals surface area (Å²) >= 11 is 0. The van der Waals surface area contributed by atoms with Gasteiger partial charge < -0.3 is 9.90 Å². The first-order valence-corrected chi connectivity index (χ1v) is 8.59. The van der Waals surface area contributed by atoms with Gasteiger partial charge in [0.1, 0.15) is 0 Å². The lowest BCUT2D eigenvalue weighted by Gasteiger charge is -2.06. The standard InChI is InChI=1S/C16H16N2O4S/c1-11(12-5-9-15(10-6-12)23(2,21)22)17-18-14-7-3-13(4-8-14)16(19)20/h3-10,18H,1-2H3,(H,19,20)/p-1/b17-11-. The van der Waals surface area contributed by atoms with E-state index < -0.39 is 15.8 Å². The Balaban J connectivity index is 2.12. The lowest BCUT2D eigenvalue weighted by atomic mass is 10.1. The fourth-order valence-electron chi connectivity index (χ4n) is 1.84. The molecule has 0 heterocycles. The van der Waals surface area contributed by atoms with Crippen molar-refractivity contribution >= 4 is 27.2 Å². The number of carboxylic acids is 1. The predicted octanol–water partition coefficient (Wildman–Crippen LogP) is 1.29. The van der Waals surface area contributed by atoms with Crippen molar-refractivity contribution in [3.63, 3.8) is 0 Å². The van der Waals surface area contributed by atoms with Crippen LogP contribution >= 0.6 is 0 Å². The van der Waals surface area contributed by atoms with Crippen LogP contribution in [-0.4, -0.2) is 26.4 Å². The molecule has 0 saturated carbocycles. The maximum atomic E-state index is 11.4. The molecule has 2 rings (SSSR count). The monoisotopic (exact) mass is 331 g/mol. The van der Waals surface area contributed by atoms with E-state index in [2.05, 4.69) is 10.5 Å². The molecule has 7 heteroatoms. The molecule has 0 aromatic heterocycles. The first kappa shape index (κ1) is 16.7. The average Bonchev–Trinajstić information content (AvgIpc) is 2.52. The number of hydrogen-bond acceptors (Lipinski definition) is 6. The molecule has 2 aromatic carbocycles. The molecule has 6 nitrogen and oxygen atoms in total. The van der Waals surface area contributed by atoms with Gasteiger partial charge in [-0.15, -0.1) is 0 Å². The van der Waals surface area contributed by atoms with Crippen LogP contribution in [0.3, 0.4) is 0 Å². The van der Waals surface area contributed by atoms with E-state index in [4.69, 9.17) is 0 Å². The van der Waals surface area contributed by atoms with Crippen LogP contribution in [0, 0.1) is 0 Å². The van der Waals surface area contributed by atoms with E-state index in [9.17, 15) is 18.3 Å². The van der Waals surface area contributed by atoms with Crippen LogP contribution in [0.15, 0.2) is 58.5 Å². The summed E-state index contributed by atoms with van der Waals surface area (Å²) in [4.78, 5) is 10.9. The minimum absolute atomic E-state index is 0.0904. The van der Waals surface area contributed by atoms with E-state index in [1.165, 1.54) is 24.3 Å². The summed E-state index contributed by atoms with van der Waals surface area (Å²) in [5, 5.41) is 14.8. The molecular formula is C16H15N2O4S-. The number of carboxylic acid groups (broad SMARTS) is 1. The van der Waals surface area contributed by atoms with E-state index in [0.29, 0.717) is 11.4 Å². The molecule has 0 bridgehead atoms. The van der Waals surface area contributed by atoms with Gasteiger partial charge in [-0.05, 0) is 42.3 Å². The van der Waals surface area contributed by atoms with Crippen molar-refractivity contribution in [2.75, 3.05) is 11.7 Å². The third-order valence-electron chi connectivity index (χ3n) is 3.17. The molecule has 2 aromatic rings. The number of nitrogens with one attached hydrogen (secondary N) is 1. The summed E-state index contributed by atoms with van der Waals surface area (Å²) in [5.41, 5.74) is 4.96. The van der Waals surface area contributed by atoms with Gasteiger partial charge in [0.15, 0.2) is 9.84 Å². The number of hydrogen-bond donors (Lipinski definition) is 1. The number of benzene rings is 2. The van der Waals surface area contributed by atoms with E-state index in [-0.39, 0.29) is 10.5 Å². The highest BCUT2D eigenvalue weighted by Crippen LogP contribution is 2.12. The quantitative estimate of drug-likeness (QED) is 0.657. The van der Waals surface area contributed by atoms with Crippen LogP contribution in [0.25, 0.3) is 0 Å². The molecule has 0 fully saturated rings. The first-order chi connectivity index (χ1) is 10.8. The van der Waals surface area contributed by atoms with E-state index in [1.54, 1.807) is 31.2 Å². The molecule has 0 saturated heterocycles. The molecular weight excluding hydrogens is 316 g/mol. The number of anilines is 1. The van der Waals surface area contributed by atoms with Crippen molar-refractivity contribution in [2.45, 2.75) is 11.8 Å². The largest absolute Gasteiger partial charge is 0.545 e. The first-order valence-electron chi connectivity index (χ1n) is 6.69. The Morgan fingerprint density at radius 3 is 2.00 bits per heavy atom. The molecule has 0 spiro atoms. The van der Waals surface area contributed by atoms with Crippen molar-refractivity contribution < 1.29 is 18.3 Å². The van der Waals surface area contributed by atoms with Gasteiger partial charge in [0.05, 0.1) is 22.3 Å². The summed E-state index contributed by atoms with van der Waals surface area (Å²) < 4.78 is 22.8. The van der Waals surface area contributed by atoms with Crippen molar-refractivity contribution in [3.05, 3.63) is 59.7 Å². The smallest absolute Gasteiger partial charge is 0.175 e. The van der Waals surface area contributed by atoms with Crippen LogP contribution < -0.4 is 10.5 Å². The third-order valence-corrected chi connectivity index (χ3v) is 4.30. The van der Waals surface area contributed by atoms with E-state index in [1.807, 2.05) is 0 Å². The van der Waals surface area contributed by atoms with Gasteiger partial charge in [0, 0.05) is 6.26 Å². The molecule has 0 aliphatic heterocycles. The number of sulfone groups is 1. The van der Waals surface area contributed by atoms with Crippen molar-refractivity contribution in [2.24, 2.45) is 5.10 Å². The zero-order chi connectivity index (χ0) is 17.0. The molecule has 23 heavy (non-hydrogen) atoms. The zero-order valence-electron chi connectivity index (χ0n) is 12.6. The second-order valence-corrected chi connectivity index (χ2v) is 6.99. The van der Waals surface area contributed by atoms with Gasteiger partial charge in [0.2, 0.25) is 0 Å². The highest BCUT2D eigenvalue weighted by atomic mass is 32.2. The summed E-state index contributed by atoms with van der Waals surface area (Å²) in [6.45, 7) is 1.78. The van der Waals surface area contributed by atoms with Crippen LogP contribution in [0.1, 0.15) is 22.8 Å². The fourth-order valence-corrected chi connectivity index (χ4v) is 2.47. The van der Waals surface area contributed by atoms with Crippen LogP contribution in [0.4, 0.5) is 5.69 Å². The third kappa shape index (κ3) is 4.40.